The fourth-order valence-corrected chi connectivity index (χ4v) is 5.13. The minimum absolute atomic E-state index is 0.328. The van der Waals surface area contributed by atoms with Gasteiger partial charge in [-0.3, -0.25) is 5.43 Å². The van der Waals surface area contributed by atoms with E-state index in [2.05, 4.69) is 10.7 Å². The largest absolute Gasteiger partial charge is 0.356 e. The van der Waals surface area contributed by atoms with Crippen molar-refractivity contribution in [1.29, 1.82) is 0 Å². The zero-order chi connectivity index (χ0) is 12.0. The molecule has 4 rings (SSSR count). The molecule has 0 atom stereocenters. The Hall–Kier alpha value is -0.350. The molecule has 4 aliphatic rings. The Bertz CT molecular complexity index is 291. The van der Waals surface area contributed by atoms with Gasteiger partial charge in [-0.1, -0.05) is 0 Å². The van der Waals surface area contributed by atoms with Crippen LogP contribution in [0.1, 0.15) is 38.5 Å². The van der Waals surface area contributed by atoms with Crippen molar-refractivity contribution in [2.45, 2.75) is 44.1 Å². The summed E-state index contributed by atoms with van der Waals surface area (Å²) in [5.74, 6) is 2.91. The van der Waals surface area contributed by atoms with Crippen LogP contribution in [-0.2, 0) is 0 Å². The maximum absolute atomic E-state index is 5.40. The topological polar surface area (TPSA) is 27.3 Å². The fourth-order valence-electron chi connectivity index (χ4n) is 4.74. The highest BCUT2D eigenvalue weighted by molar-refractivity contribution is 7.80. The van der Waals surface area contributed by atoms with Gasteiger partial charge in [0.2, 0.25) is 0 Å². The number of nitrogens with one attached hydrogen (secondary N) is 2. The third-order valence-corrected chi connectivity index (χ3v) is 4.94. The van der Waals surface area contributed by atoms with Gasteiger partial charge in [-0.25, -0.2) is 5.01 Å². The first-order chi connectivity index (χ1) is 8.05. The minimum atomic E-state index is 0.328. The monoisotopic (exact) mass is 253 g/mol. The van der Waals surface area contributed by atoms with Crippen molar-refractivity contribution in [3.63, 3.8) is 0 Å². The van der Waals surface area contributed by atoms with E-state index in [4.69, 9.17) is 12.2 Å². The number of hydrazine groups is 1. The molecule has 0 aromatic rings. The van der Waals surface area contributed by atoms with Crippen LogP contribution in [-0.4, -0.2) is 29.8 Å². The second-order valence-corrected chi connectivity index (χ2v) is 7.07. The Morgan fingerprint density at radius 2 is 1.53 bits per heavy atom. The predicted molar refractivity (Wildman–Crippen MR) is 73.5 cm³/mol. The minimum Gasteiger partial charge on any atom is -0.356 e. The maximum atomic E-state index is 5.40. The molecule has 0 aliphatic heterocycles. The predicted octanol–water partition coefficient (Wildman–Crippen LogP) is 1.90. The smallest absolute Gasteiger partial charge is 0.181 e. The zero-order valence-corrected chi connectivity index (χ0v) is 11.6. The highest BCUT2D eigenvalue weighted by atomic mass is 32.1. The number of hydrogen-bond acceptors (Lipinski definition) is 2. The molecule has 4 saturated carbocycles. The summed E-state index contributed by atoms with van der Waals surface area (Å²) < 4.78 is 0. The van der Waals surface area contributed by atoms with Gasteiger partial charge in [-0.2, -0.15) is 0 Å². The highest BCUT2D eigenvalue weighted by Gasteiger charge is 2.51. The summed E-state index contributed by atoms with van der Waals surface area (Å²) in [5, 5.41) is 6.35. The van der Waals surface area contributed by atoms with Crippen LogP contribution in [0.3, 0.4) is 0 Å². The van der Waals surface area contributed by atoms with Gasteiger partial charge in [0.25, 0.3) is 0 Å². The van der Waals surface area contributed by atoms with Gasteiger partial charge in [0.1, 0.15) is 0 Å². The molecule has 17 heavy (non-hydrogen) atoms. The molecule has 0 heterocycles. The Morgan fingerprint density at radius 3 is 1.94 bits per heavy atom. The van der Waals surface area contributed by atoms with Crippen molar-refractivity contribution in [1.82, 2.24) is 15.8 Å². The number of nitrogens with zero attached hydrogens (tertiary/aromatic N) is 1. The summed E-state index contributed by atoms with van der Waals surface area (Å²) >= 11 is 5.40. The molecule has 0 saturated heterocycles. The van der Waals surface area contributed by atoms with Crippen LogP contribution in [0, 0.1) is 17.8 Å². The molecule has 4 aliphatic carbocycles. The van der Waals surface area contributed by atoms with Crippen LogP contribution in [0.25, 0.3) is 0 Å². The SMILES string of the molecule is CN(C)NC(=S)NC12CC3CC(CC(C3)C1)C2. The molecule has 3 nitrogen and oxygen atoms in total. The van der Waals surface area contributed by atoms with E-state index in [0.717, 1.165) is 22.9 Å². The lowest BCUT2D eigenvalue weighted by atomic mass is 9.53. The fraction of sp³-hybridized carbons (Fsp3) is 0.923. The molecule has 0 aromatic heterocycles. The van der Waals surface area contributed by atoms with Crippen molar-refractivity contribution < 1.29 is 0 Å². The third-order valence-electron chi connectivity index (χ3n) is 4.74. The standard InChI is InChI=1S/C13H23N3S/c1-16(2)15-12(17)14-13-6-9-3-10(7-13)5-11(4-9)8-13/h9-11H,3-8H2,1-2H3,(H2,14,15,17). The normalized spacial score (nSPS) is 42.9. The van der Waals surface area contributed by atoms with E-state index in [0.29, 0.717) is 5.54 Å². The molecule has 4 heteroatoms. The Kier molecular flexibility index (Phi) is 2.82. The Morgan fingerprint density at radius 1 is 1.06 bits per heavy atom. The summed E-state index contributed by atoms with van der Waals surface area (Å²) in [6.07, 6.45) is 8.47. The van der Waals surface area contributed by atoms with Crippen LogP contribution in [0.4, 0.5) is 0 Å². The molecule has 96 valence electrons. The van der Waals surface area contributed by atoms with E-state index in [-0.39, 0.29) is 0 Å². The first-order valence-corrected chi connectivity index (χ1v) is 7.22. The van der Waals surface area contributed by atoms with Gasteiger partial charge in [-0.05, 0) is 68.5 Å². The van der Waals surface area contributed by atoms with Crippen LogP contribution in [0.15, 0.2) is 0 Å². The quantitative estimate of drug-likeness (QED) is 0.580. The zero-order valence-electron chi connectivity index (χ0n) is 10.8. The van der Waals surface area contributed by atoms with E-state index < -0.39 is 0 Å². The number of hydrogen-bond donors (Lipinski definition) is 2. The average molecular weight is 253 g/mol. The van der Waals surface area contributed by atoms with Crippen molar-refractivity contribution in [2.75, 3.05) is 14.1 Å². The lowest BCUT2D eigenvalue weighted by Crippen LogP contribution is -2.62. The first kappa shape index (κ1) is 11.7. The van der Waals surface area contributed by atoms with Gasteiger partial charge in [0.15, 0.2) is 5.11 Å². The molecule has 0 aromatic carbocycles. The lowest BCUT2D eigenvalue weighted by molar-refractivity contribution is -0.0105. The van der Waals surface area contributed by atoms with Gasteiger partial charge < -0.3 is 5.32 Å². The summed E-state index contributed by atoms with van der Waals surface area (Å²) in [6, 6.07) is 0. The number of thiocarbonyl (C=S) groups is 1. The van der Waals surface area contributed by atoms with Crippen LogP contribution in [0.2, 0.25) is 0 Å². The molecule has 0 spiro atoms. The van der Waals surface area contributed by atoms with E-state index in [1.54, 1.807) is 0 Å². The number of rotatable bonds is 2. The first-order valence-electron chi connectivity index (χ1n) is 6.81. The molecule has 4 fully saturated rings. The van der Waals surface area contributed by atoms with E-state index >= 15 is 0 Å². The summed E-state index contributed by atoms with van der Waals surface area (Å²) in [7, 11) is 3.96. The van der Waals surface area contributed by atoms with E-state index in [1.165, 1.54) is 38.5 Å². The van der Waals surface area contributed by atoms with Crippen LogP contribution in [0.5, 0.6) is 0 Å². The van der Waals surface area contributed by atoms with Gasteiger partial charge in [0.05, 0.1) is 0 Å². The molecule has 4 bridgehead atoms. The Labute approximate surface area is 109 Å². The molecule has 2 N–H and O–H groups in total. The summed E-state index contributed by atoms with van der Waals surface area (Å²) in [4.78, 5) is 0. The molecular weight excluding hydrogens is 230 g/mol. The lowest BCUT2D eigenvalue weighted by Gasteiger charge is -2.57. The molecule has 0 unspecified atom stereocenters. The van der Waals surface area contributed by atoms with Crippen molar-refractivity contribution in [3.8, 4) is 0 Å². The van der Waals surface area contributed by atoms with E-state index in [1.807, 2.05) is 19.1 Å². The van der Waals surface area contributed by atoms with Gasteiger partial charge >= 0.3 is 0 Å². The average Bonchev–Trinajstić information content (AvgIpc) is 2.11. The van der Waals surface area contributed by atoms with Gasteiger partial charge in [-0.15, -0.1) is 0 Å². The maximum Gasteiger partial charge on any atom is 0.181 e. The summed E-state index contributed by atoms with van der Waals surface area (Å²) in [6.45, 7) is 0. The summed E-state index contributed by atoms with van der Waals surface area (Å²) in [5.41, 5.74) is 3.50. The van der Waals surface area contributed by atoms with E-state index in [9.17, 15) is 0 Å². The van der Waals surface area contributed by atoms with Crippen molar-refractivity contribution >= 4 is 17.3 Å². The second-order valence-electron chi connectivity index (χ2n) is 6.66. The third kappa shape index (κ3) is 2.29. The second kappa shape index (κ2) is 4.09. The van der Waals surface area contributed by atoms with Crippen molar-refractivity contribution in [2.24, 2.45) is 17.8 Å². The molecule has 0 amide bonds. The van der Waals surface area contributed by atoms with Gasteiger partial charge in [0, 0.05) is 19.6 Å². The van der Waals surface area contributed by atoms with Crippen molar-refractivity contribution in [3.05, 3.63) is 0 Å². The van der Waals surface area contributed by atoms with Crippen LogP contribution >= 0.6 is 12.2 Å². The Balaban J connectivity index is 1.68. The molecular formula is C13H23N3S. The van der Waals surface area contributed by atoms with Crippen LogP contribution < -0.4 is 10.7 Å². The highest BCUT2D eigenvalue weighted by Crippen LogP contribution is 2.55. The molecule has 0 radical (unpaired) electrons.